The zero-order valence-corrected chi connectivity index (χ0v) is 14.1. The van der Waals surface area contributed by atoms with E-state index in [1.807, 2.05) is 6.07 Å². The Morgan fingerprint density at radius 2 is 2.05 bits per heavy atom. The molecular weight excluding hydrogens is 316 g/mol. The van der Waals surface area contributed by atoms with Gasteiger partial charge in [-0.05, 0) is 57.0 Å². The van der Waals surface area contributed by atoms with Crippen LogP contribution in [0.5, 0.6) is 0 Å². The second kappa shape index (κ2) is 9.50. The zero-order chi connectivity index (χ0) is 15.0. The third-order valence-corrected chi connectivity index (χ3v) is 4.20. The van der Waals surface area contributed by atoms with Crippen LogP contribution in [0.25, 0.3) is 0 Å². The number of hydrogen-bond acceptors (Lipinski definition) is 3. The van der Waals surface area contributed by atoms with Crippen molar-refractivity contribution in [2.24, 2.45) is 5.73 Å². The lowest BCUT2D eigenvalue weighted by Gasteiger charge is -2.33. The molecule has 2 atom stereocenters. The van der Waals surface area contributed by atoms with Gasteiger partial charge in [-0.3, -0.25) is 4.90 Å². The second-order valence-electron chi connectivity index (χ2n) is 5.34. The predicted molar refractivity (Wildman–Crippen MR) is 88.7 cm³/mol. The molecule has 3 nitrogen and oxygen atoms in total. The molecule has 0 aromatic heterocycles. The van der Waals surface area contributed by atoms with E-state index in [1.54, 1.807) is 0 Å². The fraction of sp³-hybridized carbons (Fsp3) is 0.625. The Morgan fingerprint density at radius 3 is 2.65 bits per heavy atom. The van der Waals surface area contributed by atoms with Gasteiger partial charge in [0, 0.05) is 23.2 Å². The first kappa shape index (κ1) is 17.6. The maximum atomic E-state index is 8.84. The van der Waals surface area contributed by atoms with E-state index in [4.69, 9.17) is 10.8 Å². The average molecular weight is 343 g/mol. The molecule has 20 heavy (non-hydrogen) atoms. The van der Waals surface area contributed by atoms with E-state index in [9.17, 15) is 0 Å². The van der Waals surface area contributed by atoms with Crippen LogP contribution in [0, 0.1) is 0 Å². The summed E-state index contributed by atoms with van der Waals surface area (Å²) >= 11 is 3.54. The number of halogens is 1. The largest absolute Gasteiger partial charge is 0.396 e. The first-order valence-electron chi connectivity index (χ1n) is 7.42. The van der Waals surface area contributed by atoms with Gasteiger partial charge >= 0.3 is 0 Å². The van der Waals surface area contributed by atoms with E-state index < -0.39 is 0 Å². The highest BCUT2D eigenvalue weighted by molar-refractivity contribution is 9.10. The van der Waals surface area contributed by atoms with Crippen molar-refractivity contribution in [3.05, 3.63) is 34.3 Å². The van der Waals surface area contributed by atoms with Gasteiger partial charge in [0.15, 0.2) is 0 Å². The van der Waals surface area contributed by atoms with Gasteiger partial charge in [-0.2, -0.15) is 0 Å². The van der Waals surface area contributed by atoms with Crippen LogP contribution in [0.3, 0.4) is 0 Å². The molecule has 0 spiro atoms. The molecule has 1 aromatic carbocycles. The molecule has 0 aliphatic heterocycles. The number of likely N-dealkylation sites (N-methyl/N-ethyl adjacent to an activating group) is 1. The maximum absolute atomic E-state index is 8.84. The van der Waals surface area contributed by atoms with Crippen molar-refractivity contribution in [1.29, 1.82) is 0 Å². The monoisotopic (exact) mass is 342 g/mol. The van der Waals surface area contributed by atoms with Gasteiger partial charge in [0.2, 0.25) is 0 Å². The lowest BCUT2D eigenvalue weighted by Crippen LogP contribution is -2.39. The average Bonchev–Trinajstić information content (AvgIpc) is 2.44. The van der Waals surface area contributed by atoms with E-state index in [0.717, 1.165) is 36.7 Å². The number of unbranched alkanes of at least 4 members (excludes halogenated alkanes) is 2. The highest BCUT2D eigenvalue weighted by Crippen LogP contribution is 2.26. The van der Waals surface area contributed by atoms with Crippen LogP contribution in [0.2, 0.25) is 0 Å². The molecule has 0 heterocycles. The molecule has 1 rings (SSSR count). The summed E-state index contributed by atoms with van der Waals surface area (Å²) in [6.45, 7) is 3.42. The maximum Gasteiger partial charge on any atom is 0.0496 e. The summed E-state index contributed by atoms with van der Waals surface area (Å²) in [6, 6.07) is 8.78. The SMILES string of the molecule is CCC(N)C(c1cccc(Br)c1)N(C)CCCCCO. The molecular formula is C16H27BrN2O. The molecule has 0 aliphatic rings. The first-order chi connectivity index (χ1) is 9.60. The lowest BCUT2D eigenvalue weighted by atomic mass is 9.96. The van der Waals surface area contributed by atoms with Crippen LogP contribution in [-0.2, 0) is 0 Å². The van der Waals surface area contributed by atoms with Crippen LogP contribution >= 0.6 is 15.9 Å². The number of hydrogen-bond donors (Lipinski definition) is 2. The van der Waals surface area contributed by atoms with Gasteiger partial charge in [0.25, 0.3) is 0 Å². The van der Waals surface area contributed by atoms with Gasteiger partial charge in [0.1, 0.15) is 0 Å². The normalized spacial score (nSPS) is 14.5. The summed E-state index contributed by atoms with van der Waals surface area (Å²) in [5, 5.41) is 8.84. The number of benzene rings is 1. The summed E-state index contributed by atoms with van der Waals surface area (Å²) in [5.41, 5.74) is 7.60. The van der Waals surface area contributed by atoms with E-state index in [-0.39, 0.29) is 18.7 Å². The van der Waals surface area contributed by atoms with Crippen LogP contribution in [0.4, 0.5) is 0 Å². The summed E-state index contributed by atoms with van der Waals surface area (Å²) in [7, 11) is 2.14. The topological polar surface area (TPSA) is 49.5 Å². The van der Waals surface area contributed by atoms with Gasteiger partial charge in [-0.25, -0.2) is 0 Å². The predicted octanol–water partition coefficient (Wildman–Crippen LogP) is 3.32. The van der Waals surface area contributed by atoms with Crippen LogP contribution < -0.4 is 5.73 Å². The molecule has 0 saturated heterocycles. The van der Waals surface area contributed by atoms with Gasteiger partial charge < -0.3 is 10.8 Å². The van der Waals surface area contributed by atoms with Crippen LogP contribution in [-0.4, -0.2) is 36.2 Å². The standard InChI is InChI=1S/C16H27BrN2O/c1-3-15(18)16(13-8-7-9-14(17)12-13)19(2)10-5-4-6-11-20/h7-9,12,15-16,20H,3-6,10-11,18H2,1-2H3. The van der Waals surface area contributed by atoms with Crippen LogP contribution in [0.1, 0.15) is 44.2 Å². The van der Waals surface area contributed by atoms with Gasteiger partial charge in [-0.15, -0.1) is 0 Å². The smallest absolute Gasteiger partial charge is 0.0496 e. The molecule has 114 valence electrons. The van der Waals surface area contributed by atoms with E-state index in [0.29, 0.717) is 0 Å². The number of rotatable bonds is 9. The highest BCUT2D eigenvalue weighted by Gasteiger charge is 2.22. The van der Waals surface area contributed by atoms with Gasteiger partial charge in [0.05, 0.1) is 0 Å². The Balaban J connectivity index is 2.73. The minimum Gasteiger partial charge on any atom is -0.396 e. The number of aliphatic hydroxyl groups excluding tert-OH is 1. The Bertz CT molecular complexity index is 386. The van der Waals surface area contributed by atoms with Crippen molar-refractivity contribution >= 4 is 15.9 Å². The van der Waals surface area contributed by atoms with Crippen molar-refractivity contribution in [2.75, 3.05) is 20.2 Å². The lowest BCUT2D eigenvalue weighted by molar-refractivity contribution is 0.202. The van der Waals surface area contributed by atoms with E-state index in [2.05, 4.69) is 53.0 Å². The number of nitrogens with zero attached hydrogens (tertiary/aromatic N) is 1. The second-order valence-corrected chi connectivity index (χ2v) is 6.25. The minimum absolute atomic E-state index is 0.132. The zero-order valence-electron chi connectivity index (χ0n) is 12.6. The molecule has 3 N–H and O–H groups in total. The first-order valence-corrected chi connectivity index (χ1v) is 8.21. The van der Waals surface area contributed by atoms with Gasteiger partial charge in [-0.1, -0.05) is 35.0 Å². The van der Waals surface area contributed by atoms with Crippen molar-refractivity contribution < 1.29 is 5.11 Å². The van der Waals surface area contributed by atoms with Crippen molar-refractivity contribution in [2.45, 2.75) is 44.7 Å². The summed E-state index contributed by atoms with van der Waals surface area (Å²) in [5.74, 6) is 0. The Labute approximate surface area is 131 Å². The molecule has 0 fully saturated rings. The summed E-state index contributed by atoms with van der Waals surface area (Å²) in [4.78, 5) is 2.34. The summed E-state index contributed by atoms with van der Waals surface area (Å²) < 4.78 is 1.09. The molecule has 0 radical (unpaired) electrons. The van der Waals surface area contributed by atoms with Crippen molar-refractivity contribution in [1.82, 2.24) is 4.90 Å². The Kier molecular flexibility index (Phi) is 8.38. The molecule has 0 aliphatic carbocycles. The van der Waals surface area contributed by atoms with Crippen molar-refractivity contribution in [3.8, 4) is 0 Å². The molecule has 0 saturated carbocycles. The number of nitrogens with two attached hydrogens (primary N) is 1. The fourth-order valence-corrected chi connectivity index (χ4v) is 2.95. The van der Waals surface area contributed by atoms with Crippen molar-refractivity contribution in [3.63, 3.8) is 0 Å². The molecule has 0 bridgehead atoms. The molecule has 2 unspecified atom stereocenters. The highest BCUT2D eigenvalue weighted by atomic mass is 79.9. The third-order valence-electron chi connectivity index (χ3n) is 3.71. The molecule has 0 amide bonds. The molecule has 4 heteroatoms. The minimum atomic E-state index is 0.132. The van der Waals surface area contributed by atoms with E-state index >= 15 is 0 Å². The van der Waals surface area contributed by atoms with E-state index in [1.165, 1.54) is 5.56 Å². The Hall–Kier alpha value is -0.420. The van der Waals surface area contributed by atoms with Crippen LogP contribution in [0.15, 0.2) is 28.7 Å². The fourth-order valence-electron chi connectivity index (χ4n) is 2.53. The third kappa shape index (κ3) is 5.52. The summed E-state index contributed by atoms with van der Waals surface area (Å²) in [6.07, 6.45) is 4.00. The quantitative estimate of drug-likeness (QED) is 0.676. The molecule has 1 aromatic rings. The Morgan fingerprint density at radius 1 is 1.30 bits per heavy atom. The number of aliphatic hydroxyl groups is 1.